The van der Waals surface area contributed by atoms with Gasteiger partial charge in [-0.05, 0) is 13.8 Å². The molecule has 0 spiro atoms. The van der Waals surface area contributed by atoms with Gasteiger partial charge < -0.3 is 9.05 Å². The fourth-order valence-electron chi connectivity index (χ4n) is 1.18. The molecule has 0 aliphatic heterocycles. The minimum Gasteiger partial charge on any atom is -0.361 e. The molecule has 14 heavy (non-hydrogen) atoms. The van der Waals surface area contributed by atoms with Crippen LogP contribution in [0.2, 0.25) is 0 Å². The van der Waals surface area contributed by atoms with Crippen molar-refractivity contribution in [3.05, 3.63) is 35.0 Å². The Hall–Kier alpha value is -1.91. The third-order valence-electron chi connectivity index (χ3n) is 1.99. The number of carbonyl (C=O) groups excluding carboxylic acids is 1. The van der Waals surface area contributed by atoms with E-state index in [4.69, 9.17) is 9.05 Å². The molecule has 72 valence electrons. The summed E-state index contributed by atoms with van der Waals surface area (Å²) in [4.78, 5) is 11.8. The Morgan fingerprint density at radius 2 is 1.50 bits per heavy atom. The Kier molecular flexibility index (Phi) is 1.92. The van der Waals surface area contributed by atoms with Gasteiger partial charge >= 0.3 is 0 Å². The third kappa shape index (κ3) is 1.22. The molecule has 0 bridgehead atoms. The molecular weight excluding hydrogens is 184 g/mol. The Labute approximate surface area is 79.7 Å². The van der Waals surface area contributed by atoms with Crippen LogP contribution in [0.1, 0.15) is 27.4 Å². The van der Waals surface area contributed by atoms with E-state index in [0.29, 0.717) is 22.6 Å². The maximum absolute atomic E-state index is 11.8. The number of aromatic nitrogens is 2. The van der Waals surface area contributed by atoms with Crippen molar-refractivity contribution in [2.75, 3.05) is 0 Å². The Morgan fingerprint density at radius 1 is 1.07 bits per heavy atom. The van der Waals surface area contributed by atoms with E-state index in [1.54, 1.807) is 13.8 Å². The zero-order chi connectivity index (χ0) is 10.1. The van der Waals surface area contributed by atoms with Crippen LogP contribution in [0, 0.1) is 13.8 Å². The van der Waals surface area contributed by atoms with Crippen molar-refractivity contribution in [2.24, 2.45) is 0 Å². The molecule has 0 N–H and O–H groups in total. The van der Waals surface area contributed by atoms with Crippen LogP contribution in [0.15, 0.2) is 21.4 Å². The molecule has 2 rings (SSSR count). The molecule has 5 nitrogen and oxygen atoms in total. The minimum absolute atomic E-state index is 0.178. The van der Waals surface area contributed by atoms with Gasteiger partial charge in [-0.25, -0.2) is 0 Å². The highest BCUT2D eigenvalue weighted by Crippen LogP contribution is 2.15. The van der Waals surface area contributed by atoms with E-state index in [0.717, 1.165) is 0 Å². The lowest BCUT2D eigenvalue weighted by Crippen LogP contribution is -2.01. The molecule has 0 unspecified atom stereocenters. The van der Waals surface area contributed by atoms with Crippen molar-refractivity contribution >= 4 is 5.78 Å². The van der Waals surface area contributed by atoms with Crippen LogP contribution < -0.4 is 0 Å². The van der Waals surface area contributed by atoms with Crippen LogP contribution in [0.5, 0.6) is 0 Å². The number of ketones is 1. The molecule has 0 aliphatic carbocycles. The summed E-state index contributed by atoms with van der Waals surface area (Å²) < 4.78 is 9.60. The van der Waals surface area contributed by atoms with Gasteiger partial charge in [0.2, 0.25) is 5.78 Å². The van der Waals surface area contributed by atoms with Crippen LogP contribution in [-0.4, -0.2) is 16.1 Å². The van der Waals surface area contributed by atoms with Gasteiger partial charge in [-0.1, -0.05) is 10.3 Å². The van der Waals surface area contributed by atoms with E-state index in [-0.39, 0.29) is 5.78 Å². The summed E-state index contributed by atoms with van der Waals surface area (Å²) in [5, 5.41) is 7.07. The van der Waals surface area contributed by atoms with Crippen molar-refractivity contribution in [3.8, 4) is 0 Å². The maximum Gasteiger partial charge on any atom is 0.203 e. The van der Waals surface area contributed by atoms with Crippen molar-refractivity contribution < 1.29 is 13.8 Å². The van der Waals surface area contributed by atoms with E-state index in [2.05, 4.69) is 10.3 Å². The summed E-state index contributed by atoms with van der Waals surface area (Å²) in [6.45, 7) is 3.37. The first-order chi connectivity index (χ1) is 6.70. The Balaban J connectivity index is 2.44. The predicted octanol–water partition coefficient (Wildman–Crippen LogP) is 1.51. The van der Waals surface area contributed by atoms with Gasteiger partial charge in [-0.2, -0.15) is 0 Å². The molecule has 2 aromatic heterocycles. The number of nitrogens with zero attached hydrogens (tertiary/aromatic N) is 2. The number of hydrogen-bond acceptors (Lipinski definition) is 5. The summed E-state index contributed by atoms with van der Waals surface area (Å²) in [6.07, 6.45) is 2.79. The molecule has 2 aromatic rings. The molecule has 0 aliphatic rings. The maximum atomic E-state index is 11.8. The molecule has 0 atom stereocenters. The highest BCUT2D eigenvalue weighted by Gasteiger charge is 2.19. The second-order valence-electron chi connectivity index (χ2n) is 2.92. The third-order valence-corrected chi connectivity index (χ3v) is 1.99. The molecule has 0 radical (unpaired) electrons. The van der Waals surface area contributed by atoms with Gasteiger partial charge in [-0.15, -0.1) is 0 Å². The SMILES string of the molecule is Cc1oncc1C(=O)c1cnoc1C. The van der Waals surface area contributed by atoms with Gasteiger partial charge in [0.1, 0.15) is 11.5 Å². The number of rotatable bonds is 2. The molecule has 0 fully saturated rings. The molecular formula is C9H8N2O3. The molecule has 0 saturated heterocycles. The van der Waals surface area contributed by atoms with Crippen LogP contribution in [0.3, 0.4) is 0 Å². The Bertz CT molecular complexity index is 428. The van der Waals surface area contributed by atoms with Crippen molar-refractivity contribution in [1.29, 1.82) is 0 Å². The van der Waals surface area contributed by atoms with E-state index in [1.165, 1.54) is 12.4 Å². The quantitative estimate of drug-likeness (QED) is 0.674. The average Bonchev–Trinajstić information content (AvgIpc) is 2.73. The van der Waals surface area contributed by atoms with Gasteiger partial charge in [0, 0.05) is 0 Å². The smallest absolute Gasteiger partial charge is 0.203 e. The second-order valence-corrected chi connectivity index (χ2v) is 2.92. The molecule has 0 aromatic carbocycles. The summed E-state index contributed by atoms with van der Waals surface area (Å²) in [5.41, 5.74) is 0.882. The topological polar surface area (TPSA) is 69.1 Å². The molecule has 2 heterocycles. The molecule has 5 heteroatoms. The zero-order valence-electron chi connectivity index (χ0n) is 7.77. The van der Waals surface area contributed by atoms with E-state index >= 15 is 0 Å². The van der Waals surface area contributed by atoms with E-state index < -0.39 is 0 Å². The fraction of sp³-hybridized carbons (Fsp3) is 0.222. The first kappa shape index (κ1) is 8.68. The fourth-order valence-corrected chi connectivity index (χ4v) is 1.18. The zero-order valence-corrected chi connectivity index (χ0v) is 7.77. The normalized spacial score (nSPS) is 10.4. The number of aryl methyl sites for hydroxylation is 2. The van der Waals surface area contributed by atoms with Crippen LogP contribution in [-0.2, 0) is 0 Å². The standard InChI is InChI=1S/C9H8N2O3/c1-5-7(3-10-13-5)9(12)8-4-11-14-6(8)2/h3-4H,1-2H3. The summed E-state index contributed by atoms with van der Waals surface area (Å²) in [7, 11) is 0. The summed E-state index contributed by atoms with van der Waals surface area (Å²) in [5.74, 6) is 0.814. The first-order valence-electron chi connectivity index (χ1n) is 4.07. The van der Waals surface area contributed by atoms with Gasteiger partial charge in [0.05, 0.1) is 23.5 Å². The monoisotopic (exact) mass is 192 g/mol. The van der Waals surface area contributed by atoms with Crippen LogP contribution in [0.4, 0.5) is 0 Å². The van der Waals surface area contributed by atoms with E-state index in [9.17, 15) is 4.79 Å². The van der Waals surface area contributed by atoms with Gasteiger partial charge in [0.15, 0.2) is 0 Å². The lowest BCUT2D eigenvalue weighted by molar-refractivity contribution is 0.103. The van der Waals surface area contributed by atoms with Crippen LogP contribution in [0.25, 0.3) is 0 Å². The van der Waals surface area contributed by atoms with Crippen molar-refractivity contribution in [1.82, 2.24) is 10.3 Å². The van der Waals surface area contributed by atoms with E-state index in [1.807, 2.05) is 0 Å². The van der Waals surface area contributed by atoms with Crippen molar-refractivity contribution in [2.45, 2.75) is 13.8 Å². The largest absolute Gasteiger partial charge is 0.361 e. The summed E-state index contributed by atoms with van der Waals surface area (Å²) in [6, 6.07) is 0. The lowest BCUT2D eigenvalue weighted by Gasteiger charge is -1.93. The molecule has 0 amide bonds. The van der Waals surface area contributed by atoms with Crippen LogP contribution >= 0.6 is 0 Å². The molecule has 0 saturated carbocycles. The summed E-state index contributed by atoms with van der Waals surface area (Å²) >= 11 is 0. The predicted molar refractivity (Wildman–Crippen MR) is 45.9 cm³/mol. The van der Waals surface area contributed by atoms with Crippen molar-refractivity contribution in [3.63, 3.8) is 0 Å². The Morgan fingerprint density at radius 3 is 1.79 bits per heavy atom. The number of hydrogen-bond donors (Lipinski definition) is 0. The van der Waals surface area contributed by atoms with Gasteiger partial charge in [0.25, 0.3) is 0 Å². The highest BCUT2D eigenvalue weighted by atomic mass is 16.5. The second kappa shape index (κ2) is 3.10. The average molecular weight is 192 g/mol. The highest BCUT2D eigenvalue weighted by molar-refractivity contribution is 6.09. The minimum atomic E-state index is -0.178. The first-order valence-corrected chi connectivity index (χ1v) is 4.07. The number of carbonyl (C=O) groups is 1. The van der Waals surface area contributed by atoms with Gasteiger partial charge in [-0.3, -0.25) is 4.79 Å². The lowest BCUT2D eigenvalue weighted by atomic mass is 10.1.